The Morgan fingerprint density at radius 3 is 2.89 bits per heavy atom. The summed E-state index contributed by atoms with van der Waals surface area (Å²) in [6.45, 7) is 5.00. The Morgan fingerprint density at radius 1 is 1.28 bits per heavy atom. The van der Waals surface area contributed by atoms with Crippen LogP contribution in [-0.2, 0) is 0 Å². The number of H-pyrrole nitrogens is 1. The largest absolute Gasteiger partial charge is 0.494 e. The maximum absolute atomic E-state index is 5.60. The average Bonchev–Trinajstić information content (AvgIpc) is 2.83. The van der Waals surface area contributed by atoms with Crippen molar-refractivity contribution in [3.8, 4) is 5.75 Å². The molecule has 2 aromatic rings. The van der Waals surface area contributed by atoms with E-state index >= 15 is 0 Å². The van der Waals surface area contributed by atoms with Crippen molar-refractivity contribution in [2.75, 3.05) is 19.7 Å². The molecular weight excluding hydrogens is 224 g/mol. The molecule has 0 amide bonds. The fourth-order valence-electron chi connectivity index (χ4n) is 2.85. The van der Waals surface area contributed by atoms with Crippen LogP contribution in [0.15, 0.2) is 24.4 Å². The first-order chi connectivity index (χ1) is 8.88. The second kappa shape index (κ2) is 5.02. The van der Waals surface area contributed by atoms with E-state index in [0.717, 1.165) is 25.4 Å². The quantitative estimate of drug-likeness (QED) is 0.870. The molecule has 3 rings (SSSR count). The number of hydrogen-bond donors (Lipinski definition) is 2. The first kappa shape index (κ1) is 11.6. The molecule has 96 valence electrons. The maximum Gasteiger partial charge on any atom is 0.120 e. The van der Waals surface area contributed by atoms with Crippen molar-refractivity contribution in [3.63, 3.8) is 0 Å². The summed E-state index contributed by atoms with van der Waals surface area (Å²) >= 11 is 0. The highest BCUT2D eigenvalue weighted by atomic mass is 16.5. The van der Waals surface area contributed by atoms with Crippen LogP contribution in [-0.4, -0.2) is 24.7 Å². The number of rotatable bonds is 3. The zero-order valence-corrected chi connectivity index (χ0v) is 10.8. The van der Waals surface area contributed by atoms with Crippen molar-refractivity contribution >= 4 is 10.9 Å². The molecule has 0 spiro atoms. The molecule has 1 fully saturated rings. The van der Waals surface area contributed by atoms with E-state index in [-0.39, 0.29) is 0 Å². The highest BCUT2D eigenvalue weighted by Crippen LogP contribution is 2.33. The fraction of sp³-hybridized carbons (Fsp3) is 0.467. The molecule has 1 aliphatic rings. The van der Waals surface area contributed by atoms with Crippen LogP contribution in [0.1, 0.15) is 31.2 Å². The number of hydrogen-bond acceptors (Lipinski definition) is 2. The van der Waals surface area contributed by atoms with Gasteiger partial charge in [0.05, 0.1) is 6.61 Å². The lowest BCUT2D eigenvalue weighted by Crippen LogP contribution is -2.26. The molecule has 0 bridgehead atoms. The molecule has 2 N–H and O–H groups in total. The molecule has 1 saturated heterocycles. The van der Waals surface area contributed by atoms with Crippen molar-refractivity contribution in [1.29, 1.82) is 0 Å². The van der Waals surface area contributed by atoms with E-state index in [9.17, 15) is 0 Å². The van der Waals surface area contributed by atoms with Gasteiger partial charge < -0.3 is 15.0 Å². The maximum atomic E-state index is 5.60. The van der Waals surface area contributed by atoms with E-state index < -0.39 is 0 Å². The van der Waals surface area contributed by atoms with Crippen LogP contribution >= 0.6 is 0 Å². The van der Waals surface area contributed by atoms with Crippen LogP contribution in [0.4, 0.5) is 0 Å². The predicted octanol–water partition coefficient (Wildman–Crippen LogP) is 3.03. The standard InChI is InChI=1S/C15H20N2O/c1-2-18-12-3-4-15-13(9-12)14(10-17-15)11-5-7-16-8-6-11/h3-4,9-11,16-17H,2,5-8H2,1H3. The molecule has 0 unspecified atom stereocenters. The first-order valence-electron chi connectivity index (χ1n) is 6.83. The van der Waals surface area contributed by atoms with Gasteiger partial charge in [0.15, 0.2) is 0 Å². The summed E-state index contributed by atoms with van der Waals surface area (Å²) in [5.41, 5.74) is 2.67. The number of ether oxygens (including phenoxy) is 1. The molecule has 18 heavy (non-hydrogen) atoms. The molecule has 0 radical (unpaired) electrons. The van der Waals surface area contributed by atoms with Crippen LogP contribution in [0.2, 0.25) is 0 Å². The Morgan fingerprint density at radius 2 is 2.11 bits per heavy atom. The van der Waals surface area contributed by atoms with Gasteiger partial charge in [-0.25, -0.2) is 0 Å². The Labute approximate surface area is 108 Å². The van der Waals surface area contributed by atoms with Gasteiger partial charge in [-0.1, -0.05) is 0 Å². The van der Waals surface area contributed by atoms with Crippen molar-refractivity contribution in [1.82, 2.24) is 10.3 Å². The summed E-state index contributed by atoms with van der Waals surface area (Å²) < 4.78 is 5.60. The van der Waals surface area contributed by atoms with Crippen molar-refractivity contribution in [3.05, 3.63) is 30.0 Å². The van der Waals surface area contributed by atoms with Gasteiger partial charge in [0.1, 0.15) is 5.75 Å². The number of piperidine rings is 1. The average molecular weight is 244 g/mol. The number of nitrogens with one attached hydrogen (secondary N) is 2. The number of benzene rings is 1. The summed E-state index contributed by atoms with van der Waals surface area (Å²) in [4.78, 5) is 3.38. The topological polar surface area (TPSA) is 37.0 Å². The summed E-state index contributed by atoms with van der Waals surface area (Å²) in [6, 6.07) is 6.33. The zero-order valence-electron chi connectivity index (χ0n) is 10.8. The third-order valence-electron chi connectivity index (χ3n) is 3.78. The summed E-state index contributed by atoms with van der Waals surface area (Å²) in [5.74, 6) is 1.65. The van der Waals surface area contributed by atoms with E-state index in [0.29, 0.717) is 5.92 Å². The molecule has 0 atom stereocenters. The summed E-state index contributed by atoms with van der Waals surface area (Å²) in [5, 5.41) is 4.75. The third-order valence-corrected chi connectivity index (χ3v) is 3.78. The number of fused-ring (bicyclic) bond motifs is 1. The Kier molecular flexibility index (Phi) is 3.24. The summed E-state index contributed by atoms with van der Waals surface area (Å²) in [6.07, 6.45) is 4.63. The fourth-order valence-corrected chi connectivity index (χ4v) is 2.85. The second-order valence-corrected chi connectivity index (χ2v) is 4.91. The minimum absolute atomic E-state index is 0.678. The van der Waals surface area contributed by atoms with Crippen LogP contribution < -0.4 is 10.1 Å². The van der Waals surface area contributed by atoms with Gasteiger partial charge in [-0.15, -0.1) is 0 Å². The van der Waals surface area contributed by atoms with Crippen LogP contribution in [0, 0.1) is 0 Å². The summed E-state index contributed by atoms with van der Waals surface area (Å²) in [7, 11) is 0. The molecule has 1 aliphatic heterocycles. The Balaban J connectivity index is 1.97. The molecule has 1 aromatic heterocycles. The van der Waals surface area contributed by atoms with Crippen molar-refractivity contribution < 1.29 is 4.74 Å². The highest BCUT2D eigenvalue weighted by molar-refractivity contribution is 5.85. The molecule has 1 aromatic carbocycles. The van der Waals surface area contributed by atoms with Crippen LogP contribution in [0.25, 0.3) is 10.9 Å². The number of aromatic nitrogens is 1. The van der Waals surface area contributed by atoms with E-state index in [4.69, 9.17) is 4.74 Å². The van der Waals surface area contributed by atoms with E-state index in [1.807, 2.05) is 13.0 Å². The monoisotopic (exact) mass is 244 g/mol. The lowest BCUT2D eigenvalue weighted by Gasteiger charge is -2.22. The van der Waals surface area contributed by atoms with Gasteiger partial charge in [-0.3, -0.25) is 0 Å². The van der Waals surface area contributed by atoms with E-state index in [2.05, 4.69) is 28.6 Å². The predicted molar refractivity (Wildman–Crippen MR) is 74.3 cm³/mol. The van der Waals surface area contributed by atoms with Crippen LogP contribution in [0.3, 0.4) is 0 Å². The molecule has 0 aliphatic carbocycles. The lowest BCUT2D eigenvalue weighted by molar-refractivity contribution is 0.340. The normalized spacial score (nSPS) is 17.2. The Hall–Kier alpha value is -1.48. The van der Waals surface area contributed by atoms with Gasteiger partial charge in [-0.05, 0) is 62.5 Å². The molecular formula is C15H20N2O. The lowest BCUT2D eigenvalue weighted by atomic mass is 9.90. The molecule has 3 heteroatoms. The molecule has 3 nitrogen and oxygen atoms in total. The first-order valence-corrected chi connectivity index (χ1v) is 6.83. The molecule has 2 heterocycles. The van der Waals surface area contributed by atoms with Crippen molar-refractivity contribution in [2.45, 2.75) is 25.7 Å². The van der Waals surface area contributed by atoms with Gasteiger partial charge in [0.2, 0.25) is 0 Å². The zero-order chi connectivity index (χ0) is 12.4. The second-order valence-electron chi connectivity index (χ2n) is 4.91. The minimum Gasteiger partial charge on any atom is -0.494 e. The molecule has 0 saturated carbocycles. The van der Waals surface area contributed by atoms with Gasteiger partial charge in [0.25, 0.3) is 0 Å². The highest BCUT2D eigenvalue weighted by Gasteiger charge is 2.18. The Bertz CT molecular complexity index is 526. The van der Waals surface area contributed by atoms with Crippen LogP contribution in [0.5, 0.6) is 5.75 Å². The third kappa shape index (κ3) is 2.10. The SMILES string of the molecule is CCOc1ccc2[nH]cc(C3CCNCC3)c2c1. The van der Waals surface area contributed by atoms with E-state index in [1.165, 1.54) is 29.3 Å². The van der Waals surface area contributed by atoms with Gasteiger partial charge in [-0.2, -0.15) is 0 Å². The minimum atomic E-state index is 0.678. The van der Waals surface area contributed by atoms with Crippen molar-refractivity contribution in [2.24, 2.45) is 0 Å². The van der Waals surface area contributed by atoms with E-state index in [1.54, 1.807) is 0 Å². The van der Waals surface area contributed by atoms with Gasteiger partial charge >= 0.3 is 0 Å². The van der Waals surface area contributed by atoms with Gasteiger partial charge in [0, 0.05) is 17.1 Å². The number of aromatic amines is 1. The smallest absolute Gasteiger partial charge is 0.120 e.